The molecule has 0 fully saturated rings. The van der Waals surface area contributed by atoms with Crippen molar-refractivity contribution in [3.05, 3.63) is 0 Å². The van der Waals surface area contributed by atoms with Gasteiger partial charge in [-0.25, -0.2) is 8.42 Å². The van der Waals surface area contributed by atoms with E-state index in [9.17, 15) is 17.8 Å². The van der Waals surface area contributed by atoms with E-state index >= 15 is 0 Å². The molecule has 0 aliphatic carbocycles. The van der Waals surface area contributed by atoms with Crippen LogP contribution in [0.15, 0.2) is 0 Å². The molecule has 0 radical (unpaired) electrons. The molecule has 0 atom stereocenters. The molecule has 0 amide bonds. The fourth-order valence-corrected chi connectivity index (χ4v) is 0.465. The van der Waals surface area contributed by atoms with Crippen LogP contribution in [-0.4, -0.2) is 25.4 Å². The molecule has 0 aromatic heterocycles. The van der Waals surface area contributed by atoms with Gasteiger partial charge in [0.25, 0.3) is 0 Å². The van der Waals surface area contributed by atoms with Crippen LogP contribution in [0.1, 0.15) is 6.92 Å². The minimum absolute atomic E-state index is 0. The number of carbonyl (C=O) groups excluding carboxylic acids is 1. The molecule has 7 heteroatoms. The molecule has 0 aliphatic rings. The minimum Gasteiger partial charge on any atom is -0.726 e. The maximum absolute atomic E-state index is 9.96. The van der Waals surface area contributed by atoms with Gasteiger partial charge in [0.1, 0.15) is 6.61 Å². The summed E-state index contributed by atoms with van der Waals surface area (Å²) in [5.41, 5.74) is 0. The Kier molecular flexibility index (Phi) is 6.87. The Morgan fingerprint density at radius 2 is 2.00 bits per heavy atom. The third-order valence-electron chi connectivity index (χ3n) is 0.407. The van der Waals surface area contributed by atoms with Crippen LogP contribution < -0.4 is 29.6 Å². The largest absolute Gasteiger partial charge is 1.00 e. The van der Waals surface area contributed by atoms with E-state index in [4.69, 9.17) is 0 Å². The molecular weight excluding hydrogens is 171 g/mol. The zero-order valence-corrected chi connectivity index (χ0v) is 8.47. The van der Waals surface area contributed by atoms with Crippen molar-refractivity contribution in [2.75, 3.05) is 6.61 Å². The smallest absolute Gasteiger partial charge is 0.726 e. The SMILES string of the molecule is CC(=O)COS(=O)(=O)[O-].[Na+]. The quantitative estimate of drug-likeness (QED) is 0.249. The molecule has 5 nitrogen and oxygen atoms in total. The molecule has 0 rings (SSSR count). The Bertz CT molecular complexity index is 195. The summed E-state index contributed by atoms with van der Waals surface area (Å²) in [5.74, 6) is -0.505. The third-order valence-corrected chi connectivity index (χ3v) is 0.813. The van der Waals surface area contributed by atoms with Crippen LogP contribution in [0.2, 0.25) is 0 Å². The molecule has 0 heterocycles. The van der Waals surface area contributed by atoms with Gasteiger partial charge in [0, 0.05) is 0 Å². The van der Waals surface area contributed by atoms with Crippen LogP contribution in [0.4, 0.5) is 0 Å². The van der Waals surface area contributed by atoms with Crippen molar-refractivity contribution in [2.45, 2.75) is 6.92 Å². The first-order valence-corrected chi connectivity index (χ1v) is 3.35. The van der Waals surface area contributed by atoms with Crippen molar-refractivity contribution in [3.8, 4) is 0 Å². The second kappa shape index (κ2) is 5.22. The van der Waals surface area contributed by atoms with Gasteiger partial charge in [-0.15, -0.1) is 0 Å². The molecule has 10 heavy (non-hydrogen) atoms. The van der Waals surface area contributed by atoms with Gasteiger partial charge >= 0.3 is 29.6 Å². The second-order valence-electron chi connectivity index (χ2n) is 1.37. The topological polar surface area (TPSA) is 83.5 Å². The molecule has 0 aromatic carbocycles. The molecule has 54 valence electrons. The van der Waals surface area contributed by atoms with Gasteiger partial charge in [0.15, 0.2) is 5.78 Å². The van der Waals surface area contributed by atoms with Gasteiger partial charge in [-0.2, -0.15) is 0 Å². The molecule has 0 bridgehead atoms. The van der Waals surface area contributed by atoms with Crippen LogP contribution in [0, 0.1) is 0 Å². The summed E-state index contributed by atoms with van der Waals surface area (Å²) in [6.07, 6.45) is 0. The third kappa shape index (κ3) is 11.4. The van der Waals surface area contributed by atoms with Crippen LogP contribution in [0.5, 0.6) is 0 Å². The van der Waals surface area contributed by atoms with Crippen LogP contribution >= 0.6 is 0 Å². The van der Waals surface area contributed by atoms with Crippen molar-refractivity contribution < 1.29 is 51.5 Å². The molecular formula is C3H5NaO5S. The van der Waals surface area contributed by atoms with E-state index in [0.29, 0.717) is 0 Å². The molecule has 0 N–H and O–H groups in total. The first kappa shape index (κ1) is 13.2. The summed E-state index contributed by atoms with van der Waals surface area (Å²) in [7, 11) is -4.69. The molecule has 0 aromatic rings. The number of ketones is 1. The predicted octanol–water partition coefficient (Wildman–Crippen LogP) is -3.94. The van der Waals surface area contributed by atoms with Gasteiger partial charge in [-0.05, 0) is 6.92 Å². The average Bonchev–Trinajstić information content (AvgIpc) is 1.59. The first-order chi connectivity index (χ1) is 3.92. The minimum atomic E-state index is -4.69. The maximum Gasteiger partial charge on any atom is 1.00 e. The van der Waals surface area contributed by atoms with Crippen molar-refractivity contribution >= 4 is 16.2 Å². The number of rotatable bonds is 3. The summed E-state index contributed by atoms with van der Waals surface area (Å²) in [6, 6.07) is 0. The zero-order valence-electron chi connectivity index (χ0n) is 5.66. The summed E-state index contributed by atoms with van der Waals surface area (Å²) >= 11 is 0. The average molecular weight is 176 g/mol. The van der Waals surface area contributed by atoms with Crippen LogP contribution in [-0.2, 0) is 19.4 Å². The Hall–Kier alpha value is 0.540. The fourth-order valence-electron chi connectivity index (χ4n) is 0.155. The van der Waals surface area contributed by atoms with Gasteiger partial charge in [0.2, 0.25) is 10.4 Å². The second-order valence-corrected chi connectivity index (χ2v) is 2.42. The van der Waals surface area contributed by atoms with Gasteiger partial charge in [-0.1, -0.05) is 0 Å². The van der Waals surface area contributed by atoms with Gasteiger partial charge in [0.05, 0.1) is 0 Å². The number of hydrogen-bond acceptors (Lipinski definition) is 5. The van der Waals surface area contributed by atoms with Crippen molar-refractivity contribution in [3.63, 3.8) is 0 Å². The normalized spacial score (nSPS) is 10.2. The molecule has 0 aliphatic heterocycles. The zero-order chi connectivity index (χ0) is 7.49. The van der Waals surface area contributed by atoms with Crippen molar-refractivity contribution in [1.82, 2.24) is 0 Å². The Labute approximate surface area is 81.0 Å². The van der Waals surface area contributed by atoms with E-state index in [-0.39, 0.29) is 29.6 Å². The number of hydrogen-bond donors (Lipinski definition) is 0. The number of Topliss-reactive ketones (excluding diaryl/α,β-unsaturated/α-hetero) is 1. The van der Waals surface area contributed by atoms with E-state index in [1.54, 1.807) is 0 Å². The summed E-state index contributed by atoms with van der Waals surface area (Å²) < 4.78 is 32.4. The number of carbonyl (C=O) groups is 1. The van der Waals surface area contributed by atoms with E-state index in [0.717, 1.165) is 6.92 Å². The van der Waals surface area contributed by atoms with E-state index in [1.165, 1.54) is 0 Å². The summed E-state index contributed by atoms with van der Waals surface area (Å²) in [4.78, 5) is 9.96. The van der Waals surface area contributed by atoms with E-state index in [2.05, 4.69) is 4.18 Å². The van der Waals surface area contributed by atoms with Crippen molar-refractivity contribution in [2.24, 2.45) is 0 Å². The van der Waals surface area contributed by atoms with Crippen LogP contribution in [0.25, 0.3) is 0 Å². The molecule has 0 spiro atoms. The first-order valence-electron chi connectivity index (χ1n) is 2.01. The fraction of sp³-hybridized carbons (Fsp3) is 0.667. The standard InChI is InChI=1S/C3H6O5S.Na/c1-3(4)2-8-9(5,6)7;/h2H2,1H3,(H,5,6,7);/q;+1/p-1. The van der Waals surface area contributed by atoms with E-state index in [1.807, 2.05) is 0 Å². The maximum atomic E-state index is 9.96. The van der Waals surface area contributed by atoms with Crippen LogP contribution in [0.3, 0.4) is 0 Å². The Balaban J connectivity index is 0. The van der Waals surface area contributed by atoms with Gasteiger partial charge < -0.3 is 4.55 Å². The van der Waals surface area contributed by atoms with E-state index < -0.39 is 22.8 Å². The van der Waals surface area contributed by atoms with Gasteiger partial charge in [-0.3, -0.25) is 8.98 Å². The van der Waals surface area contributed by atoms with Crippen molar-refractivity contribution in [1.29, 1.82) is 0 Å². The summed E-state index contributed by atoms with van der Waals surface area (Å²) in [5, 5.41) is 0. The predicted molar refractivity (Wildman–Crippen MR) is 26.3 cm³/mol. The molecule has 0 unspecified atom stereocenters. The molecule has 0 saturated carbocycles. The summed E-state index contributed by atoms with van der Waals surface area (Å²) in [6.45, 7) is 0.441. The molecule has 0 saturated heterocycles. The Morgan fingerprint density at radius 3 is 2.10 bits per heavy atom. The Morgan fingerprint density at radius 1 is 1.60 bits per heavy atom. The monoisotopic (exact) mass is 176 g/mol.